The van der Waals surface area contributed by atoms with Crippen molar-refractivity contribution in [2.24, 2.45) is 17.3 Å². The van der Waals surface area contributed by atoms with E-state index in [1.54, 1.807) is 0 Å². The first-order chi connectivity index (χ1) is 10.4. The van der Waals surface area contributed by atoms with Crippen molar-refractivity contribution in [3.05, 3.63) is 0 Å². The molecule has 4 rings (SSSR count). The minimum atomic E-state index is -4.20. The third-order valence-electron chi connectivity index (χ3n) is 5.75. The molecule has 2 atom stereocenters. The van der Waals surface area contributed by atoms with Gasteiger partial charge < -0.3 is 9.84 Å². The smallest absolute Gasteiger partial charge is 0.313 e. The summed E-state index contributed by atoms with van der Waals surface area (Å²) in [4.78, 5) is 12.4. The number of alkyl halides is 4. The zero-order chi connectivity index (χ0) is 17.1. The molecule has 0 amide bonds. The summed E-state index contributed by atoms with van der Waals surface area (Å²) in [6, 6.07) is 0. The van der Waals surface area contributed by atoms with Crippen molar-refractivity contribution in [1.29, 1.82) is 0 Å². The Bertz CT molecular complexity index is 486. The van der Waals surface area contributed by atoms with E-state index < -0.39 is 41.9 Å². The van der Waals surface area contributed by atoms with E-state index in [0.717, 1.165) is 6.42 Å². The lowest BCUT2D eigenvalue weighted by atomic mass is 9.48. The summed E-state index contributed by atoms with van der Waals surface area (Å²) in [5, 5.41) is 10.6. The van der Waals surface area contributed by atoms with Gasteiger partial charge in [-0.15, -0.1) is 0 Å². The van der Waals surface area contributed by atoms with E-state index >= 15 is 0 Å². The van der Waals surface area contributed by atoms with Crippen LogP contribution in [0.3, 0.4) is 0 Å². The molecule has 23 heavy (non-hydrogen) atoms. The van der Waals surface area contributed by atoms with Crippen molar-refractivity contribution < 1.29 is 32.2 Å². The second-order valence-electron chi connectivity index (χ2n) is 7.94. The number of aliphatic hydroxyl groups is 1. The van der Waals surface area contributed by atoms with Crippen LogP contribution in [0, 0.1) is 17.3 Å². The Hall–Kier alpha value is -0.850. The number of esters is 1. The molecule has 0 spiro atoms. The van der Waals surface area contributed by atoms with Gasteiger partial charge in [-0.1, -0.05) is 0 Å². The number of hydrogen-bond donors (Lipinski definition) is 1. The van der Waals surface area contributed by atoms with Crippen molar-refractivity contribution in [2.45, 2.75) is 69.3 Å². The molecule has 4 fully saturated rings. The molecule has 4 aliphatic carbocycles. The Morgan fingerprint density at radius 1 is 1.17 bits per heavy atom. The maximum Gasteiger partial charge on any atom is 0.313 e. The Morgan fingerprint density at radius 3 is 2.22 bits per heavy atom. The van der Waals surface area contributed by atoms with Crippen LogP contribution < -0.4 is 0 Å². The van der Waals surface area contributed by atoms with Crippen molar-refractivity contribution in [3.8, 4) is 0 Å². The van der Waals surface area contributed by atoms with Crippen LogP contribution in [-0.2, 0) is 9.53 Å². The van der Waals surface area contributed by atoms with Gasteiger partial charge in [0.05, 0.1) is 24.0 Å². The summed E-state index contributed by atoms with van der Waals surface area (Å²) in [5.41, 5.74) is -1.67. The second-order valence-corrected chi connectivity index (χ2v) is 7.94. The van der Waals surface area contributed by atoms with Crippen molar-refractivity contribution >= 4 is 5.97 Å². The summed E-state index contributed by atoms with van der Waals surface area (Å²) < 4.78 is 56.9. The predicted octanol–water partition coefficient (Wildman–Crippen LogP) is 3.54. The van der Waals surface area contributed by atoms with E-state index in [0.29, 0.717) is 32.1 Å². The number of rotatable bonds is 5. The van der Waals surface area contributed by atoms with E-state index in [-0.39, 0.29) is 18.8 Å². The summed E-state index contributed by atoms with van der Waals surface area (Å²) in [7, 11) is 0. The van der Waals surface area contributed by atoms with Gasteiger partial charge in [-0.05, 0) is 50.4 Å². The Kier molecular flexibility index (Phi) is 3.75. The molecule has 2 unspecified atom stereocenters. The first-order valence-electron chi connectivity index (χ1n) is 8.10. The summed E-state index contributed by atoms with van der Waals surface area (Å²) in [6.07, 6.45) is 2.65. The summed E-state index contributed by atoms with van der Waals surface area (Å²) >= 11 is 0. The fourth-order valence-electron chi connectivity index (χ4n) is 5.10. The molecular formula is C16H22F4O3. The Balaban J connectivity index is 1.61. The number of halogens is 4. The SMILES string of the molecule is CC(F)(F)C(F)(F)CCOC(=O)C12CC3CC(CC(O)(C3)C1)C2. The molecule has 4 aliphatic rings. The fraction of sp³-hybridized carbons (Fsp3) is 0.938. The highest BCUT2D eigenvalue weighted by Crippen LogP contribution is 2.62. The lowest BCUT2D eigenvalue weighted by Gasteiger charge is -2.58. The molecule has 0 radical (unpaired) electrons. The molecule has 1 N–H and O–H groups in total. The van der Waals surface area contributed by atoms with Gasteiger partial charge in [-0.25, -0.2) is 8.78 Å². The van der Waals surface area contributed by atoms with Crippen LogP contribution in [0.25, 0.3) is 0 Å². The first-order valence-corrected chi connectivity index (χ1v) is 8.10. The van der Waals surface area contributed by atoms with Gasteiger partial charge >= 0.3 is 17.8 Å². The van der Waals surface area contributed by atoms with Gasteiger partial charge in [0.1, 0.15) is 0 Å². The van der Waals surface area contributed by atoms with Gasteiger partial charge in [0, 0.05) is 6.92 Å². The quantitative estimate of drug-likeness (QED) is 0.616. The summed E-state index contributed by atoms with van der Waals surface area (Å²) in [6.45, 7) is -0.575. The highest BCUT2D eigenvalue weighted by Gasteiger charge is 2.61. The van der Waals surface area contributed by atoms with Gasteiger partial charge in [-0.2, -0.15) is 8.78 Å². The number of hydrogen-bond acceptors (Lipinski definition) is 3. The molecule has 4 bridgehead atoms. The van der Waals surface area contributed by atoms with E-state index in [1.165, 1.54) is 0 Å². The van der Waals surface area contributed by atoms with Crippen LogP contribution in [0.1, 0.15) is 51.9 Å². The minimum Gasteiger partial charge on any atom is -0.465 e. The maximum atomic E-state index is 13.2. The van der Waals surface area contributed by atoms with Crippen LogP contribution in [0.5, 0.6) is 0 Å². The second kappa shape index (κ2) is 5.07. The molecule has 0 heterocycles. The van der Waals surface area contributed by atoms with E-state index in [4.69, 9.17) is 4.74 Å². The molecular weight excluding hydrogens is 316 g/mol. The molecule has 7 heteroatoms. The fourth-order valence-corrected chi connectivity index (χ4v) is 5.10. The molecule has 0 aliphatic heterocycles. The number of carbonyl (C=O) groups excluding carboxylic acids is 1. The lowest BCUT2D eigenvalue weighted by molar-refractivity contribution is -0.213. The van der Waals surface area contributed by atoms with Crippen molar-refractivity contribution in [3.63, 3.8) is 0 Å². The number of carbonyl (C=O) groups is 1. The third-order valence-corrected chi connectivity index (χ3v) is 5.75. The highest BCUT2D eigenvalue weighted by atomic mass is 19.3. The van der Waals surface area contributed by atoms with Crippen LogP contribution in [0.2, 0.25) is 0 Å². The predicted molar refractivity (Wildman–Crippen MR) is 73.2 cm³/mol. The average Bonchev–Trinajstić information content (AvgIpc) is 2.33. The largest absolute Gasteiger partial charge is 0.465 e. The van der Waals surface area contributed by atoms with Crippen LogP contribution in [-0.4, -0.2) is 35.1 Å². The third kappa shape index (κ3) is 2.96. The Morgan fingerprint density at radius 2 is 1.74 bits per heavy atom. The van der Waals surface area contributed by atoms with Crippen LogP contribution in [0.15, 0.2) is 0 Å². The molecule has 0 aromatic heterocycles. The monoisotopic (exact) mass is 338 g/mol. The van der Waals surface area contributed by atoms with Gasteiger partial charge in [0.2, 0.25) is 0 Å². The molecule has 4 saturated carbocycles. The number of ether oxygens (including phenoxy) is 1. The highest BCUT2D eigenvalue weighted by molar-refractivity contribution is 5.77. The minimum absolute atomic E-state index is 0.156. The van der Waals surface area contributed by atoms with Gasteiger partial charge in [-0.3, -0.25) is 4.79 Å². The van der Waals surface area contributed by atoms with E-state index in [9.17, 15) is 27.5 Å². The molecule has 0 aromatic rings. The lowest BCUT2D eigenvalue weighted by Crippen LogP contribution is -2.58. The van der Waals surface area contributed by atoms with Crippen molar-refractivity contribution in [1.82, 2.24) is 0 Å². The first kappa shape index (κ1) is 17.0. The average molecular weight is 338 g/mol. The van der Waals surface area contributed by atoms with Crippen LogP contribution >= 0.6 is 0 Å². The van der Waals surface area contributed by atoms with E-state index in [1.807, 2.05) is 0 Å². The van der Waals surface area contributed by atoms with Crippen molar-refractivity contribution in [2.75, 3.05) is 6.61 Å². The maximum absolute atomic E-state index is 13.2. The molecule has 0 saturated heterocycles. The zero-order valence-corrected chi connectivity index (χ0v) is 13.1. The topological polar surface area (TPSA) is 46.5 Å². The van der Waals surface area contributed by atoms with Crippen LogP contribution in [0.4, 0.5) is 17.6 Å². The van der Waals surface area contributed by atoms with E-state index in [2.05, 4.69) is 0 Å². The molecule has 132 valence electrons. The zero-order valence-electron chi connectivity index (χ0n) is 13.1. The summed E-state index contributed by atoms with van der Waals surface area (Å²) in [5.74, 6) is -8.44. The Labute approximate surface area is 132 Å². The standard InChI is InChI=1S/C16H22F4O3/c1-13(17,18)16(19,20)2-3-23-12(21)14-5-10-4-11(6-14)8-15(22,7-10)9-14/h10-11,22H,2-9H2,1H3. The van der Waals surface area contributed by atoms with Gasteiger partial charge in [0.25, 0.3) is 0 Å². The molecule has 3 nitrogen and oxygen atoms in total. The molecule has 0 aromatic carbocycles. The van der Waals surface area contributed by atoms with Gasteiger partial charge in [0.15, 0.2) is 0 Å². The normalized spacial score (nSPS) is 39.6.